The molecule has 21 heavy (non-hydrogen) atoms. The first-order chi connectivity index (χ1) is 10.2. The van der Waals surface area contributed by atoms with Crippen LogP contribution in [0.1, 0.15) is 12.8 Å². The molecule has 0 aromatic heterocycles. The van der Waals surface area contributed by atoms with Gasteiger partial charge in [0.1, 0.15) is 5.75 Å². The van der Waals surface area contributed by atoms with Crippen molar-refractivity contribution in [2.24, 2.45) is 0 Å². The number of ether oxygens (including phenoxy) is 1. The maximum absolute atomic E-state index is 11.8. The summed E-state index contributed by atoms with van der Waals surface area (Å²) in [4.78, 5) is 26.3. The van der Waals surface area contributed by atoms with Crippen molar-refractivity contribution in [1.29, 1.82) is 0 Å². The summed E-state index contributed by atoms with van der Waals surface area (Å²) in [6.07, 6.45) is 2.12. The standard InChI is InChI=1S/C15H20N2O3S/c1-20-12-5-4-6-13(9-12)21-11-14(18)16-10-15(19)17-7-2-3-8-17/h4-6,9H,2-3,7-8,10-11H2,1H3,(H,16,18). The van der Waals surface area contributed by atoms with Crippen molar-refractivity contribution in [2.75, 3.05) is 32.5 Å². The van der Waals surface area contributed by atoms with Crippen LogP contribution in [0, 0.1) is 0 Å². The van der Waals surface area contributed by atoms with E-state index in [1.807, 2.05) is 24.3 Å². The van der Waals surface area contributed by atoms with Crippen molar-refractivity contribution < 1.29 is 14.3 Å². The molecule has 0 spiro atoms. The zero-order valence-electron chi connectivity index (χ0n) is 12.1. The van der Waals surface area contributed by atoms with E-state index < -0.39 is 0 Å². The van der Waals surface area contributed by atoms with Crippen LogP contribution in [0.2, 0.25) is 0 Å². The van der Waals surface area contributed by atoms with Crippen LogP contribution in [-0.2, 0) is 9.59 Å². The molecule has 0 bridgehead atoms. The van der Waals surface area contributed by atoms with Gasteiger partial charge in [-0.1, -0.05) is 6.07 Å². The monoisotopic (exact) mass is 308 g/mol. The molecule has 1 aliphatic rings. The van der Waals surface area contributed by atoms with Crippen LogP contribution < -0.4 is 10.1 Å². The van der Waals surface area contributed by atoms with Gasteiger partial charge in [0.15, 0.2) is 0 Å². The van der Waals surface area contributed by atoms with E-state index in [4.69, 9.17) is 4.74 Å². The molecule has 1 N–H and O–H groups in total. The van der Waals surface area contributed by atoms with E-state index in [2.05, 4.69) is 5.32 Å². The third-order valence-corrected chi connectivity index (χ3v) is 4.30. The third kappa shape index (κ3) is 4.97. The van der Waals surface area contributed by atoms with Gasteiger partial charge < -0.3 is 15.0 Å². The zero-order valence-corrected chi connectivity index (χ0v) is 12.9. The second kappa shape index (κ2) is 7.93. The summed E-state index contributed by atoms with van der Waals surface area (Å²) < 4.78 is 5.13. The number of amides is 2. The molecule has 0 saturated carbocycles. The van der Waals surface area contributed by atoms with Gasteiger partial charge in [-0.2, -0.15) is 0 Å². The molecule has 0 radical (unpaired) electrons. The Morgan fingerprint density at radius 1 is 1.33 bits per heavy atom. The fraction of sp³-hybridized carbons (Fsp3) is 0.467. The smallest absolute Gasteiger partial charge is 0.241 e. The second-order valence-corrected chi connectivity index (χ2v) is 5.88. The Balaban J connectivity index is 1.70. The molecule has 1 heterocycles. The molecule has 6 heteroatoms. The second-order valence-electron chi connectivity index (χ2n) is 4.83. The van der Waals surface area contributed by atoms with Gasteiger partial charge in [-0.15, -0.1) is 11.8 Å². The maximum atomic E-state index is 11.8. The van der Waals surface area contributed by atoms with Crippen molar-refractivity contribution in [3.8, 4) is 5.75 Å². The number of hydrogen-bond acceptors (Lipinski definition) is 4. The number of nitrogens with one attached hydrogen (secondary N) is 1. The first kappa shape index (κ1) is 15.7. The van der Waals surface area contributed by atoms with Crippen molar-refractivity contribution in [3.05, 3.63) is 24.3 Å². The Kier molecular flexibility index (Phi) is 5.92. The van der Waals surface area contributed by atoms with E-state index in [0.29, 0.717) is 5.75 Å². The quantitative estimate of drug-likeness (QED) is 0.810. The van der Waals surface area contributed by atoms with Crippen LogP contribution in [0.4, 0.5) is 0 Å². The van der Waals surface area contributed by atoms with E-state index in [1.54, 1.807) is 12.0 Å². The Hall–Kier alpha value is -1.69. The molecule has 5 nitrogen and oxygen atoms in total. The van der Waals surface area contributed by atoms with Crippen LogP contribution >= 0.6 is 11.8 Å². The SMILES string of the molecule is COc1cccc(SCC(=O)NCC(=O)N2CCCC2)c1. The number of methoxy groups -OCH3 is 1. The van der Waals surface area contributed by atoms with Crippen LogP contribution in [0.25, 0.3) is 0 Å². The van der Waals surface area contributed by atoms with Gasteiger partial charge in [-0.05, 0) is 31.0 Å². The number of carbonyl (C=O) groups excluding carboxylic acids is 2. The van der Waals surface area contributed by atoms with Gasteiger partial charge in [0.25, 0.3) is 0 Å². The minimum Gasteiger partial charge on any atom is -0.497 e. The molecule has 2 rings (SSSR count). The molecular formula is C15H20N2O3S. The molecule has 1 fully saturated rings. The number of likely N-dealkylation sites (tertiary alicyclic amines) is 1. The lowest BCUT2D eigenvalue weighted by atomic mass is 10.3. The first-order valence-corrected chi connectivity index (χ1v) is 7.99. The summed E-state index contributed by atoms with van der Waals surface area (Å²) in [5, 5.41) is 2.68. The van der Waals surface area contributed by atoms with E-state index in [9.17, 15) is 9.59 Å². The fourth-order valence-corrected chi connectivity index (χ4v) is 2.92. The Labute approximate surface area is 129 Å². The number of rotatable bonds is 6. The predicted octanol–water partition coefficient (Wildman–Crippen LogP) is 1.53. The van der Waals surface area contributed by atoms with Crippen LogP contribution in [0.3, 0.4) is 0 Å². The molecule has 114 valence electrons. The van der Waals surface area contributed by atoms with Gasteiger partial charge >= 0.3 is 0 Å². The number of nitrogens with zero attached hydrogens (tertiary/aromatic N) is 1. The average molecular weight is 308 g/mol. The lowest BCUT2D eigenvalue weighted by Crippen LogP contribution is -2.39. The minimum absolute atomic E-state index is 0.00669. The fourth-order valence-electron chi connectivity index (χ4n) is 2.14. The summed E-state index contributed by atoms with van der Waals surface area (Å²) in [6, 6.07) is 7.55. The number of thioether (sulfide) groups is 1. The third-order valence-electron chi connectivity index (χ3n) is 3.31. The first-order valence-electron chi connectivity index (χ1n) is 7.00. The molecule has 1 aromatic carbocycles. The van der Waals surface area contributed by atoms with Gasteiger partial charge in [0, 0.05) is 18.0 Å². The normalized spacial score (nSPS) is 14.0. The van der Waals surface area contributed by atoms with Crippen molar-refractivity contribution >= 4 is 23.6 Å². The van der Waals surface area contributed by atoms with E-state index >= 15 is 0 Å². The van der Waals surface area contributed by atoms with Gasteiger partial charge in [-0.25, -0.2) is 0 Å². The largest absolute Gasteiger partial charge is 0.497 e. The van der Waals surface area contributed by atoms with Crippen molar-refractivity contribution in [2.45, 2.75) is 17.7 Å². The molecule has 2 amide bonds. The van der Waals surface area contributed by atoms with Gasteiger partial charge in [0.05, 0.1) is 19.4 Å². The van der Waals surface area contributed by atoms with Crippen molar-refractivity contribution in [1.82, 2.24) is 10.2 Å². The molecule has 0 atom stereocenters. The summed E-state index contributed by atoms with van der Waals surface area (Å²) in [5.74, 6) is 0.938. The average Bonchev–Trinajstić information content (AvgIpc) is 3.05. The lowest BCUT2D eigenvalue weighted by molar-refractivity contribution is -0.131. The van der Waals surface area contributed by atoms with Crippen LogP contribution in [0.15, 0.2) is 29.2 Å². The van der Waals surface area contributed by atoms with Crippen LogP contribution in [0.5, 0.6) is 5.75 Å². The predicted molar refractivity (Wildman–Crippen MR) is 82.5 cm³/mol. The number of carbonyl (C=O) groups is 2. The number of hydrogen-bond donors (Lipinski definition) is 1. The van der Waals surface area contributed by atoms with Gasteiger partial charge in [0.2, 0.25) is 11.8 Å². The molecule has 1 aliphatic heterocycles. The molecule has 1 aromatic rings. The highest BCUT2D eigenvalue weighted by molar-refractivity contribution is 8.00. The highest BCUT2D eigenvalue weighted by Crippen LogP contribution is 2.22. The molecule has 0 aliphatic carbocycles. The highest BCUT2D eigenvalue weighted by atomic mass is 32.2. The van der Waals surface area contributed by atoms with Gasteiger partial charge in [-0.3, -0.25) is 9.59 Å². The molecule has 0 unspecified atom stereocenters. The summed E-state index contributed by atoms with van der Waals surface area (Å²) in [6.45, 7) is 1.72. The summed E-state index contributed by atoms with van der Waals surface area (Å²) in [5.41, 5.74) is 0. The zero-order chi connectivity index (χ0) is 15.1. The highest BCUT2D eigenvalue weighted by Gasteiger charge is 2.18. The minimum atomic E-state index is -0.129. The topological polar surface area (TPSA) is 58.6 Å². The summed E-state index contributed by atoms with van der Waals surface area (Å²) >= 11 is 1.43. The Morgan fingerprint density at radius 2 is 2.10 bits per heavy atom. The summed E-state index contributed by atoms with van der Waals surface area (Å²) in [7, 11) is 1.61. The van der Waals surface area contributed by atoms with E-state index in [-0.39, 0.29) is 18.4 Å². The maximum Gasteiger partial charge on any atom is 0.241 e. The van der Waals surface area contributed by atoms with E-state index in [0.717, 1.165) is 36.6 Å². The Morgan fingerprint density at radius 3 is 2.81 bits per heavy atom. The molecular weight excluding hydrogens is 288 g/mol. The van der Waals surface area contributed by atoms with E-state index in [1.165, 1.54) is 11.8 Å². The lowest BCUT2D eigenvalue weighted by Gasteiger charge is -2.15. The number of benzene rings is 1. The molecule has 1 saturated heterocycles. The Bertz CT molecular complexity index is 501. The van der Waals surface area contributed by atoms with Crippen LogP contribution in [-0.4, -0.2) is 49.2 Å². The van der Waals surface area contributed by atoms with Crippen molar-refractivity contribution in [3.63, 3.8) is 0 Å².